The zero-order chi connectivity index (χ0) is 14.1. The number of methoxy groups -OCH3 is 1. The summed E-state index contributed by atoms with van der Waals surface area (Å²) in [4.78, 5) is 0. The van der Waals surface area contributed by atoms with Gasteiger partial charge < -0.3 is 25.2 Å². The summed E-state index contributed by atoms with van der Waals surface area (Å²) in [5, 5.41) is 11.5. The van der Waals surface area contributed by atoms with Crippen molar-refractivity contribution in [3.63, 3.8) is 0 Å². The van der Waals surface area contributed by atoms with Gasteiger partial charge in [-0.15, -0.1) is 0 Å². The molecule has 0 bridgehead atoms. The molecule has 0 heterocycles. The minimum Gasteiger partial charge on any atom is -0.490 e. The van der Waals surface area contributed by atoms with Gasteiger partial charge in [-0.3, -0.25) is 0 Å². The van der Waals surface area contributed by atoms with Crippen LogP contribution in [0.2, 0.25) is 0 Å². The molecule has 0 aliphatic rings. The van der Waals surface area contributed by atoms with Crippen LogP contribution in [0.5, 0.6) is 5.75 Å². The Kier molecular flexibility index (Phi) is 7.24. The Labute approximate surface area is 120 Å². The lowest BCUT2D eigenvalue weighted by molar-refractivity contribution is 0.0543. The summed E-state index contributed by atoms with van der Waals surface area (Å²) >= 11 is 3.36. The maximum atomic E-state index is 8.58. The van der Waals surface area contributed by atoms with E-state index in [1.807, 2.05) is 0 Å². The molecule has 0 spiro atoms. The highest BCUT2D eigenvalue weighted by Gasteiger charge is 2.05. The van der Waals surface area contributed by atoms with E-state index >= 15 is 0 Å². The van der Waals surface area contributed by atoms with Gasteiger partial charge in [0.2, 0.25) is 0 Å². The van der Waals surface area contributed by atoms with Gasteiger partial charge in [0.25, 0.3) is 0 Å². The number of benzene rings is 1. The zero-order valence-corrected chi connectivity index (χ0v) is 12.2. The van der Waals surface area contributed by atoms with Gasteiger partial charge in [0, 0.05) is 12.7 Å². The summed E-state index contributed by atoms with van der Waals surface area (Å²) in [5.74, 6) is 0.722. The number of halogens is 1. The number of amidine groups is 1. The Balaban J connectivity index is 2.43. The topological polar surface area (TPSA) is 86.3 Å². The molecule has 0 aliphatic heterocycles. The molecule has 0 amide bonds. The number of oxime groups is 1. The molecule has 0 atom stereocenters. The second-order valence-electron chi connectivity index (χ2n) is 3.58. The van der Waals surface area contributed by atoms with Crippen molar-refractivity contribution in [3.8, 4) is 5.75 Å². The molecule has 106 valence electrons. The van der Waals surface area contributed by atoms with E-state index in [0.29, 0.717) is 37.7 Å². The second kappa shape index (κ2) is 8.73. The first-order chi connectivity index (χ1) is 9.19. The normalized spacial score (nSPS) is 11.6. The molecule has 0 aromatic heterocycles. The van der Waals surface area contributed by atoms with Crippen LogP contribution >= 0.6 is 15.9 Å². The maximum Gasteiger partial charge on any atom is 0.170 e. The Morgan fingerprint density at radius 3 is 2.68 bits per heavy atom. The monoisotopic (exact) mass is 332 g/mol. The van der Waals surface area contributed by atoms with Crippen LogP contribution in [0.4, 0.5) is 0 Å². The molecule has 0 saturated carbocycles. The van der Waals surface area contributed by atoms with Crippen LogP contribution in [-0.2, 0) is 9.47 Å². The van der Waals surface area contributed by atoms with Crippen LogP contribution < -0.4 is 10.5 Å². The minimum atomic E-state index is 0.0511. The predicted octanol–water partition coefficient (Wildman–Crippen LogP) is 1.59. The highest BCUT2D eigenvalue weighted by molar-refractivity contribution is 9.10. The fraction of sp³-hybridized carbons (Fsp3) is 0.417. The van der Waals surface area contributed by atoms with Crippen LogP contribution in [0, 0.1) is 0 Å². The Morgan fingerprint density at radius 2 is 2.05 bits per heavy atom. The Hall–Kier alpha value is -1.31. The quantitative estimate of drug-likeness (QED) is 0.248. The van der Waals surface area contributed by atoms with Gasteiger partial charge in [-0.1, -0.05) is 5.16 Å². The molecule has 3 N–H and O–H groups in total. The Morgan fingerprint density at radius 1 is 1.32 bits per heavy atom. The molecule has 0 aliphatic carbocycles. The van der Waals surface area contributed by atoms with E-state index in [9.17, 15) is 0 Å². The first-order valence-electron chi connectivity index (χ1n) is 5.66. The molecule has 1 aromatic carbocycles. The van der Waals surface area contributed by atoms with Crippen LogP contribution in [0.1, 0.15) is 5.56 Å². The van der Waals surface area contributed by atoms with Crippen molar-refractivity contribution in [2.75, 3.05) is 33.5 Å². The van der Waals surface area contributed by atoms with Crippen molar-refractivity contribution in [2.24, 2.45) is 10.9 Å². The molecule has 19 heavy (non-hydrogen) atoms. The largest absolute Gasteiger partial charge is 0.490 e. The lowest BCUT2D eigenvalue weighted by atomic mass is 10.2. The Bertz CT molecular complexity index is 426. The summed E-state index contributed by atoms with van der Waals surface area (Å²) in [6.07, 6.45) is 0. The van der Waals surface area contributed by atoms with E-state index in [2.05, 4.69) is 21.1 Å². The van der Waals surface area contributed by atoms with Gasteiger partial charge in [0.1, 0.15) is 12.4 Å². The lowest BCUT2D eigenvalue weighted by Crippen LogP contribution is -2.13. The number of hydrogen-bond acceptors (Lipinski definition) is 5. The van der Waals surface area contributed by atoms with Crippen LogP contribution in [0.3, 0.4) is 0 Å². The van der Waals surface area contributed by atoms with Gasteiger partial charge >= 0.3 is 0 Å². The molecule has 1 rings (SSSR count). The highest BCUT2D eigenvalue weighted by atomic mass is 79.9. The van der Waals surface area contributed by atoms with Crippen LogP contribution in [0.25, 0.3) is 0 Å². The molecule has 1 aromatic rings. The average molecular weight is 333 g/mol. The molecular weight excluding hydrogens is 316 g/mol. The van der Waals surface area contributed by atoms with Crippen molar-refractivity contribution >= 4 is 21.8 Å². The second-order valence-corrected chi connectivity index (χ2v) is 4.44. The first kappa shape index (κ1) is 15.7. The van der Waals surface area contributed by atoms with Gasteiger partial charge in [-0.05, 0) is 34.1 Å². The van der Waals surface area contributed by atoms with Gasteiger partial charge in [-0.25, -0.2) is 0 Å². The number of hydrogen-bond donors (Lipinski definition) is 2. The molecule has 0 unspecified atom stereocenters. The fourth-order valence-electron chi connectivity index (χ4n) is 1.29. The third-order valence-corrected chi connectivity index (χ3v) is 2.87. The number of rotatable bonds is 8. The summed E-state index contributed by atoms with van der Waals surface area (Å²) in [5.41, 5.74) is 6.10. The van der Waals surface area contributed by atoms with Crippen molar-refractivity contribution in [1.29, 1.82) is 0 Å². The number of nitrogens with zero attached hydrogens (tertiary/aromatic N) is 1. The highest BCUT2D eigenvalue weighted by Crippen LogP contribution is 2.25. The minimum absolute atomic E-state index is 0.0511. The molecular formula is C12H17BrN2O4. The molecule has 0 fully saturated rings. The van der Waals surface area contributed by atoms with E-state index in [4.69, 9.17) is 25.2 Å². The standard InChI is InChI=1S/C12H17BrN2O4/c1-17-4-5-18-6-7-19-11-3-2-9(8-10(11)13)12(14)15-16/h2-3,8,16H,4-7H2,1H3,(H2,14,15). The summed E-state index contributed by atoms with van der Waals surface area (Å²) in [6.45, 7) is 2.03. The molecule has 7 heteroatoms. The lowest BCUT2D eigenvalue weighted by Gasteiger charge is -2.09. The van der Waals surface area contributed by atoms with Gasteiger partial charge in [0.15, 0.2) is 5.84 Å². The maximum absolute atomic E-state index is 8.58. The summed E-state index contributed by atoms with van der Waals surface area (Å²) < 4.78 is 16.4. The van der Waals surface area contributed by atoms with E-state index in [-0.39, 0.29) is 5.84 Å². The first-order valence-corrected chi connectivity index (χ1v) is 6.45. The smallest absolute Gasteiger partial charge is 0.170 e. The van der Waals surface area contributed by atoms with Crippen molar-refractivity contribution in [1.82, 2.24) is 0 Å². The fourth-order valence-corrected chi connectivity index (χ4v) is 1.78. The van der Waals surface area contributed by atoms with Gasteiger partial charge in [-0.2, -0.15) is 0 Å². The number of ether oxygens (including phenoxy) is 3. The van der Waals surface area contributed by atoms with E-state index in [1.54, 1.807) is 25.3 Å². The third kappa shape index (κ3) is 5.46. The van der Waals surface area contributed by atoms with Crippen LogP contribution in [-0.4, -0.2) is 44.6 Å². The van der Waals surface area contributed by atoms with Crippen molar-refractivity contribution < 1.29 is 19.4 Å². The predicted molar refractivity (Wildman–Crippen MR) is 74.8 cm³/mol. The molecule has 0 radical (unpaired) electrons. The SMILES string of the molecule is COCCOCCOc1ccc(/C(N)=N/O)cc1Br. The van der Waals surface area contributed by atoms with E-state index in [1.165, 1.54) is 0 Å². The summed E-state index contributed by atoms with van der Waals surface area (Å²) in [7, 11) is 1.62. The van der Waals surface area contributed by atoms with E-state index < -0.39 is 0 Å². The van der Waals surface area contributed by atoms with Crippen LogP contribution in [0.15, 0.2) is 27.8 Å². The van der Waals surface area contributed by atoms with Crippen molar-refractivity contribution in [3.05, 3.63) is 28.2 Å². The van der Waals surface area contributed by atoms with E-state index in [0.717, 1.165) is 4.47 Å². The average Bonchev–Trinajstić information content (AvgIpc) is 2.43. The summed E-state index contributed by atoms with van der Waals surface area (Å²) in [6, 6.07) is 5.17. The van der Waals surface area contributed by atoms with Crippen molar-refractivity contribution in [2.45, 2.75) is 0 Å². The number of nitrogens with two attached hydrogens (primary N) is 1. The zero-order valence-electron chi connectivity index (χ0n) is 10.6. The molecule has 0 saturated heterocycles. The molecule has 6 nitrogen and oxygen atoms in total. The third-order valence-electron chi connectivity index (χ3n) is 2.25. The van der Waals surface area contributed by atoms with Gasteiger partial charge in [0.05, 0.1) is 24.3 Å².